The summed E-state index contributed by atoms with van der Waals surface area (Å²) in [6.07, 6.45) is 46.7. The molecule has 3 aliphatic rings. The average molecular weight is 1830 g/mol. The van der Waals surface area contributed by atoms with E-state index in [1.807, 2.05) is 323 Å². The molecular weight excluding hydrogens is 1660 g/mol. The van der Waals surface area contributed by atoms with Gasteiger partial charge in [-0.05, 0) is 154 Å². The summed E-state index contributed by atoms with van der Waals surface area (Å²) in [7, 11) is 8.46. The molecule has 17 heterocycles. The molecule has 0 radical (unpaired) electrons. The number of hydrogen-bond acceptors (Lipinski definition) is 30. The van der Waals surface area contributed by atoms with Crippen LogP contribution in [0, 0.1) is 0 Å². The number of pyridine rings is 1. The highest BCUT2D eigenvalue weighted by molar-refractivity contribution is 7.07. The molecule has 32 heteroatoms. The Balaban J connectivity index is -0.000000108. The van der Waals surface area contributed by atoms with Crippen LogP contribution in [0.5, 0.6) is 0 Å². The molecule has 0 spiro atoms. The molecule has 712 valence electrons. The summed E-state index contributed by atoms with van der Waals surface area (Å²) in [4.78, 5) is 43.9. The van der Waals surface area contributed by atoms with Gasteiger partial charge in [0.05, 0.1) is 43.6 Å². The third-order valence-electron chi connectivity index (χ3n) is 10.9. The molecule has 2 N–H and O–H groups in total. The van der Waals surface area contributed by atoms with E-state index >= 15 is 0 Å². The number of piperidine rings is 1. The van der Waals surface area contributed by atoms with Crippen molar-refractivity contribution in [3.8, 4) is 0 Å². The Labute approximate surface area is 779 Å². The molecule has 15 aromatic rings. The number of morpholine rings is 1. The van der Waals surface area contributed by atoms with Crippen molar-refractivity contribution in [3.05, 3.63) is 298 Å². The highest BCUT2D eigenvalue weighted by atomic mass is 32.1. The Morgan fingerprint density at radius 1 is 0.349 bits per heavy atom. The zero-order valence-electron chi connectivity index (χ0n) is 82.5. The van der Waals surface area contributed by atoms with Gasteiger partial charge in [-0.2, -0.15) is 31.0 Å². The van der Waals surface area contributed by atoms with Crippen LogP contribution in [0.15, 0.2) is 316 Å². The number of likely N-dealkylation sites (N-methyl/N-ethyl adjacent to an activating group) is 2. The van der Waals surface area contributed by atoms with E-state index in [2.05, 4.69) is 144 Å². The molecule has 3 saturated heterocycles. The number of ether oxygens (including phenoxy) is 1. The van der Waals surface area contributed by atoms with Crippen LogP contribution in [0.4, 0.5) is 0 Å². The SMILES string of the molecule is CC.CC.CC.CC.CC.CC.CC.CC.CC.CC.CC.CC.CC.CN1CCCCC1.CN1CCNCC1.CN1CCOCC1.Cn1cccc1.c1ccc2ocnc2c1.c1ccncc1.c1ccnnc1.c1ccoc1.c1ccsc1.c1cn[nH]c1.c1cnccn1.c1cncnc1.c1cocn1.c1cscn1.c1csnn1.c1ncon1.c1ncsn1. The largest absolute Gasteiger partial charge is 0.473 e. The molecule has 0 atom stereocenters. The van der Waals surface area contributed by atoms with E-state index in [9.17, 15) is 0 Å². The Hall–Kier alpha value is -10.5. The maximum absolute atomic E-state index is 5.10. The van der Waals surface area contributed by atoms with Gasteiger partial charge in [0.2, 0.25) is 6.39 Å². The van der Waals surface area contributed by atoms with Crippen LogP contribution in [-0.2, 0) is 11.8 Å². The molecule has 0 amide bonds. The van der Waals surface area contributed by atoms with Crippen molar-refractivity contribution in [2.75, 3.05) is 86.7 Å². The Morgan fingerprint density at radius 2 is 0.881 bits per heavy atom. The third kappa shape index (κ3) is 139. The predicted molar refractivity (Wildman–Crippen MR) is 542 cm³/mol. The number of rotatable bonds is 0. The fourth-order valence-corrected chi connectivity index (χ4v) is 7.56. The summed E-state index contributed by atoms with van der Waals surface area (Å²) in [5.41, 5.74) is 5.23. The fraction of sp³-hybridized carbons (Fsp3) is 0.457. The summed E-state index contributed by atoms with van der Waals surface area (Å²) in [5.74, 6) is 0. The molecule has 3 aliphatic heterocycles. The van der Waals surface area contributed by atoms with Gasteiger partial charge < -0.3 is 47.1 Å². The number of thiophene rings is 1. The number of aryl methyl sites for hydroxylation is 1. The number of furan rings is 1. The van der Waals surface area contributed by atoms with E-state index in [4.69, 9.17) is 9.15 Å². The molecule has 126 heavy (non-hydrogen) atoms. The monoisotopic (exact) mass is 1830 g/mol. The van der Waals surface area contributed by atoms with Crippen molar-refractivity contribution in [1.82, 2.24) is 114 Å². The number of fused-ring (bicyclic) bond motifs is 1. The number of hydrogen-bond donors (Lipinski definition) is 2. The van der Waals surface area contributed by atoms with Crippen molar-refractivity contribution >= 4 is 56.8 Å². The van der Waals surface area contributed by atoms with E-state index < -0.39 is 0 Å². The highest BCUT2D eigenvalue weighted by Gasteiger charge is 2.03. The van der Waals surface area contributed by atoms with Crippen LogP contribution in [0.25, 0.3) is 11.1 Å². The number of thiazole rings is 1. The minimum absolute atomic E-state index is 0.845. The van der Waals surface area contributed by atoms with Crippen molar-refractivity contribution in [3.63, 3.8) is 0 Å². The van der Waals surface area contributed by atoms with E-state index in [0.717, 1.165) is 50.5 Å². The lowest BCUT2D eigenvalue weighted by molar-refractivity contribution is 0.0503. The van der Waals surface area contributed by atoms with E-state index in [1.54, 1.807) is 145 Å². The highest BCUT2D eigenvalue weighted by Crippen LogP contribution is 2.09. The van der Waals surface area contributed by atoms with E-state index in [-0.39, 0.29) is 0 Å². The average Bonchev–Trinajstić information content (AvgIpc) is 1.74. The van der Waals surface area contributed by atoms with Gasteiger partial charge in [0.15, 0.2) is 24.7 Å². The summed E-state index contributed by atoms with van der Waals surface area (Å²) in [5, 5.41) is 31.1. The van der Waals surface area contributed by atoms with Gasteiger partial charge in [-0.25, -0.2) is 29.9 Å². The van der Waals surface area contributed by atoms with Crippen LogP contribution >= 0.6 is 45.7 Å². The Bertz CT molecular complexity index is 2830. The number of oxazole rings is 2. The minimum Gasteiger partial charge on any atom is -0.473 e. The van der Waals surface area contributed by atoms with E-state index in [0.29, 0.717) is 0 Å². The normalized spacial score (nSPS) is 10.0. The molecule has 0 bridgehead atoms. The first-order chi connectivity index (χ1) is 62.5. The number of benzene rings is 1. The zero-order chi connectivity index (χ0) is 97.1. The summed E-state index contributed by atoms with van der Waals surface area (Å²) >= 11 is 6.02. The second-order valence-corrected chi connectivity index (χ2v) is 21.5. The summed E-state index contributed by atoms with van der Waals surface area (Å²) in [6.45, 7) is 63.4. The first-order valence-corrected chi connectivity index (χ1v) is 47.4. The molecule has 3 fully saturated rings. The van der Waals surface area contributed by atoms with Gasteiger partial charge in [0.1, 0.15) is 29.9 Å². The van der Waals surface area contributed by atoms with Crippen LogP contribution in [0.3, 0.4) is 0 Å². The molecule has 0 unspecified atom stereocenters. The Morgan fingerprint density at radius 3 is 1.10 bits per heavy atom. The Kier molecular flexibility index (Phi) is 174. The molecule has 18 rings (SSSR count). The number of nitrogens with zero attached hydrogens (tertiary/aromatic N) is 21. The fourth-order valence-electron chi connectivity index (χ4n) is 6.21. The van der Waals surface area contributed by atoms with Crippen molar-refractivity contribution in [2.45, 2.75) is 199 Å². The first-order valence-electron chi connectivity index (χ1n) is 43.8. The maximum atomic E-state index is 5.10. The maximum Gasteiger partial charge on any atom is 0.213 e. The summed E-state index contributed by atoms with van der Waals surface area (Å²) < 4.78 is 32.5. The van der Waals surface area contributed by atoms with Crippen LogP contribution in [-0.4, -0.2) is 195 Å². The quantitative estimate of drug-likeness (QED) is 0.142. The van der Waals surface area contributed by atoms with Gasteiger partial charge in [-0.15, -0.1) is 16.4 Å². The first kappa shape index (κ1) is 141. The minimum atomic E-state index is 0.845. The van der Waals surface area contributed by atoms with Crippen molar-refractivity contribution in [1.29, 1.82) is 0 Å². The van der Waals surface area contributed by atoms with Crippen LogP contribution < -0.4 is 5.32 Å². The molecular formula is C94H167N23O5S4. The predicted octanol–water partition coefficient (Wildman–Crippen LogP) is 25.7. The summed E-state index contributed by atoms with van der Waals surface area (Å²) in [6, 6.07) is 32.3. The van der Waals surface area contributed by atoms with Crippen molar-refractivity contribution < 1.29 is 22.5 Å². The second-order valence-electron chi connectivity index (χ2n) is 18.7. The number of piperazine rings is 1. The molecule has 0 aliphatic carbocycles. The molecule has 28 nitrogen and oxygen atoms in total. The van der Waals surface area contributed by atoms with E-state index in [1.165, 1.54) is 113 Å². The van der Waals surface area contributed by atoms with Gasteiger partial charge in [-0.3, -0.25) is 25.0 Å². The van der Waals surface area contributed by atoms with Crippen LogP contribution in [0.2, 0.25) is 0 Å². The zero-order valence-corrected chi connectivity index (χ0v) is 85.8. The number of nitrogens with one attached hydrogen (secondary N) is 2. The van der Waals surface area contributed by atoms with Gasteiger partial charge in [0, 0.05) is 150 Å². The van der Waals surface area contributed by atoms with Gasteiger partial charge in [-0.1, -0.05) is 226 Å². The third-order valence-corrected chi connectivity index (χ3v) is 13.0. The number of para-hydroxylation sites is 2. The lowest BCUT2D eigenvalue weighted by atomic mass is 10.1. The number of aromatic nitrogens is 19. The van der Waals surface area contributed by atoms with Crippen LogP contribution in [0.1, 0.15) is 199 Å². The van der Waals surface area contributed by atoms with Gasteiger partial charge in [0.25, 0.3) is 0 Å². The number of H-pyrrole nitrogens is 1. The lowest BCUT2D eigenvalue weighted by Gasteiger charge is -2.21. The molecule has 0 saturated carbocycles. The lowest BCUT2D eigenvalue weighted by Crippen LogP contribution is -2.40. The second kappa shape index (κ2) is 155. The molecule has 1 aromatic carbocycles. The number of likely N-dealkylation sites (tertiary alicyclic amines) is 1. The standard InChI is InChI=1S/C7H5NO.C6H13N.C5H12N2.C5H11NO.C5H7N.C5H5N.3C4H4N2.C4H4O.C4H4S.C3H4N2.C3H3NO.C3H3NS.C2H2N2O.2C2H2N2S.13C2H6/c1-2-4-7-6(3-1)8-5-9-7;1-7-5-3-2-4-6-7;1-7-4-2-6-3-5-7;1-6-2-4-7-5-3-6;1-6-4-2-3-5-6;1-2-4-6-5-3-1;1-2-6-4-3-5-1;1-2-5-4-6-3-1;1-2-4-6-5-3-1;3*1-2-4-5-3-1;2*1-2-5-3-4-1;2*1-3-2-5-4-1;1-2-5-4-3-1;13*1-2/h1-5H;2-6H2,1H3;6H,2-5H2,1H3;2-5H2,1H3;2-5H,1H3;1-5H;3*1-4H;2*1-4H;1-3H,(H,4,5);2*1-3H;3*1-2H;13*1-2H3. The van der Waals surface area contributed by atoms with Crippen molar-refractivity contribution in [2.24, 2.45) is 7.05 Å². The number of aromatic amines is 1. The van der Waals surface area contributed by atoms with Gasteiger partial charge >= 0.3 is 0 Å². The smallest absolute Gasteiger partial charge is 0.213 e. The molecule has 14 aromatic heterocycles. The topological polar surface area (TPSA) is 323 Å².